The minimum atomic E-state index is -0.276. The van der Waals surface area contributed by atoms with Gasteiger partial charge in [-0.25, -0.2) is 0 Å². The molecule has 0 spiro atoms. The van der Waals surface area contributed by atoms with Gasteiger partial charge in [-0.05, 0) is 38.5 Å². The number of nitrogens with zero attached hydrogens (tertiary/aromatic N) is 2. The molecule has 3 rings (SSSR count). The molecule has 4 nitrogen and oxygen atoms in total. The van der Waals surface area contributed by atoms with Crippen molar-refractivity contribution in [2.24, 2.45) is 5.73 Å². The predicted molar refractivity (Wildman–Crippen MR) is 85.1 cm³/mol. The lowest BCUT2D eigenvalue weighted by atomic mass is 10.0. The molecule has 4 heteroatoms. The van der Waals surface area contributed by atoms with E-state index in [1.165, 1.54) is 22.2 Å². The van der Waals surface area contributed by atoms with Crippen LogP contribution in [0, 0.1) is 6.92 Å². The SMILES string of the molecule is Cc1ccc2c(c1)c1c(n2CC(N)=O)CCN(C(C)C)C1. The Bertz CT molecular complexity index is 700. The van der Waals surface area contributed by atoms with Crippen LogP contribution in [-0.2, 0) is 24.3 Å². The van der Waals surface area contributed by atoms with Gasteiger partial charge >= 0.3 is 0 Å². The highest BCUT2D eigenvalue weighted by atomic mass is 16.1. The van der Waals surface area contributed by atoms with Gasteiger partial charge in [-0.3, -0.25) is 9.69 Å². The molecule has 21 heavy (non-hydrogen) atoms. The Morgan fingerprint density at radius 1 is 1.38 bits per heavy atom. The molecule has 1 aliphatic heterocycles. The largest absolute Gasteiger partial charge is 0.368 e. The van der Waals surface area contributed by atoms with Crippen LogP contribution in [-0.4, -0.2) is 28.0 Å². The Kier molecular flexibility index (Phi) is 3.49. The second kappa shape index (κ2) is 5.19. The number of amides is 1. The van der Waals surface area contributed by atoms with Crippen LogP contribution in [0.1, 0.15) is 30.7 Å². The molecule has 0 saturated heterocycles. The highest BCUT2D eigenvalue weighted by molar-refractivity contribution is 5.88. The number of aromatic nitrogens is 1. The number of fused-ring (bicyclic) bond motifs is 3. The molecule has 0 fully saturated rings. The Labute approximate surface area is 125 Å². The normalized spacial score (nSPS) is 15.6. The number of primary amides is 1. The third-order valence-corrected chi connectivity index (χ3v) is 4.48. The van der Waals surface area contributed by atoms with E-state index in [4.69, 9.17) is 5.73 Å². The molecular formula is C17H23N3O. The van der Waals surface area contributed by atoms with Gasteiger partial charge in [-0.2, -0.15) is 0 Å². The van der Waals surface area contributed by atoms with Crippen molar-refractivity contribution >= 4 is 16.8 Å². The quantitative estimate of drug-likeness (QED) is 0.940. The first-order valence-electron chi connectivity index (χ1n) is 7.60. The van der Waals surface area contributed by atoms with E-state index in [0.717, 1.165) is 25.0 Å². The number of aryl methyl sites for hydroxylation is 1. The van der Waals surface area contributed by atoms with E-state index < -0.39 is 0 Å². The van der Waals surface area contributed by atoms with Crippen molar-refractivity contribution in [2.45, 2.75) is 46.3 Å². The Morgan fingerprint density at radius 2 is 2.14 bits per heavy atom. The van der Waals surface area contributed by atoms with Crippen LogP contribution in [0.15, 0.2) is 18.2 Å². The number of rotatable bonds is 3. The van der Waals surface area contributed by atoms with Crippen molar-refractivity contribution in [3.8, 4) is 0 Å². The molecule has 0 saturated carbocycles. The summed E-state index contributed by atoms with van der Waals surface area (Å²) in [6, 6.07) is 6.99. The zero-order valence-corrected chi connectivity index (χ0v) is 13.0. The topological polar surface area (TPSA) is 51.3 Å². The summed E-state index contributed by atoms with van der Waals surface area (Å²) in [7, 11) is 0. The van der Waals surface area contributed by atoms with Crippen LogP contribution < -0.4 is 5.73 Å². The lowest BCUT2D eigenvalue weighted by molar-refractivity contribution is -0.118. The highest BCUT2D eigenvalue weighted by Gasteiger charge is 2.25. The highest BCUT2D eigenvalue weighted by Crippen LogP contribution is 2.32. The maximum Gasteiger partial charge on any atom is 0.237 e. The standard InChI is InChI=1S/C17H23N3O/c1-11(2)19-7-6-16-14(9-19)13-8-12(3)4-5-15(13)20(16)10-17(18)21/h4-5,8,11H,6-7,9-10H2,1-3H3,(H2,18,21). The molecular weight excluding hydrogens is 262 g/mol. The van der Waals surface area contributed by atoms with Crippen LogP contribution in [0.4, 0.5) is 0 Å². The van der Waals surface area contributed by atoms with Crippen molar-refractivity contribution in [3.05, 3.63) is 35.0 Å². The number of nitrogens with two attached hydrogens (primary N) is 1. The maximum atomic E-state index is 11.4. The Morgan fingerprint density at radius 3 is 2.81 bits per heavy atom. The summed E-state index contributed by atoms with van der Waals surface area (Å²) in [5.41, 5.74) is 10.5. The molecule has 1 aromatic heterocycles. The van der Waals surface area contributed by atoms with Gasteiger partial charge in [0.2, 0.25) is 5.91 Å². The molecule has 1 aromatic carbocycles. The molecule has 2 aromatic rings. The number of carbonyl (C=O) groups is 1. The Balaban J connectivity index is 2.18. The smallest absolute Gasteiger partial charge is 0.237 e. The zero-order valence-electron chi connectivity index (χ0n) is 13.0. The molecule has 0 unspecified atom stereocenters. The minimum absolute atomic E-state index is 0.274. The lowest BCUT2D eigenvalue weighted by Gasteiger charge is -2.31. The first-order chi connectivity index (χ1) is 9.97. The summed E-state index contributed by atoms with van der Waals surface area (Å²) in [6.07, 6.45) is 0.981. The monoisotopic (exact) mass is 285 g/mol. The van der Waals surface area contributed by atoms with Crippen molar-refractivity contribution in [3.63, 3.8) is 0 Å². The lowest BCUT2D eigenvalue weighted by Crippen LogP contribution is -2.36. The number of benzene rings is 1. The first-order valence-corrected chi connectivity index (χ1v) is 7.60. The predicted octanol–water partition coefficient (Wildman–Crippen LogP) is 2.20. The molecule has 0 radical (unpaired) electrons. The average molecular weight is 285 g/mol. The van der Waals surface area contributed by atoms with E-state index in [1.54, 1.807) is 0 Å². The molecule has 0 bridgehead atoms. The fraction of sp³-hybridized carbons (Fsp3) is 0.471. The van der Waals surface area contributed by atoms with Gasteiger partial charge in [0, 0.05) is 42.1 Å². The summed E-state index contributed by atoms with van der Waals surface area (Å²) in [5.74, 6) is -0.276. The molecule has 1 aliphatic rings. The van der Waals surface area contributed by atoms with E-state index in [9.17, 15) is 4.79 Å². The molecule has 112 valence electrons. The fourth-order valence-electron chi connectivity index (χ4n) is 3.36. The van der Waals surface area contributed by atoms with E-state index in [0.29, 0.717) is 6.04 Å². The first kappa shape index (κ1) is 14.1. The second-order valence-electron chi connectivity index (χ2n) is 6.31. The van der Waals surface area contributed by atoms with Crippen LogP contribution in [0.3, 0.4) is 0 Å². The third kappa shape index (κ3) is 2.44. The molecule has 0 atom stereocenters. The van der Waals surface area contributed by atoms with E-state index >= 15 is 0 Å². The van der Waals surface area contributed by atoms with E-state index in [-0.39, 0.29) is 12.5 Å². The number of carbonyl (C=O) groups excluding carboxylic acids is 1. The number of hydrogen-bond donors (Lipinski definition) is 1. The molecule has 1 amide bonds. The summed E-state index contributed by atoms with van der Waals surface area (Å²) in [6.45, 7) is 8.85. The maximum absolute atomic E-state index is 11.4. The fourth-order valence-corrected chi connectivity index (χ4v) is 3.36. The van der Waals surface area contributed by atoms with Crippen molar-refractivity contribution in [1.82, 2.24) is 9.47 Å². The Hall–Kier alpha value is -1.81. The van der Waals surface area contributed by atoms with Gasteiger partial charge in [-0.1, -0.05) is 11.6 Å². The van der Waals surface area contributed by atoms with Crippen molar-refractivity contribution < 1.29 is 4.79 Å². The van der Waals surface area contributed by atoms with Crippen LogP contribution in [0.25, 0.3) is 10.9 Å². The summed E-state index contributed by atoms with van der Waals surface area (Å²) in [5, 5.41) is 1.27. The summed E-state index contributed by atoms with van der Waals surface area (Å²) < 4.78 is 2.12. The van der Waals surface area contributed by atoms with Crippen molar-refractivity contribution in [1.29, 1.82) is 0 Å². The van der Waals surface area contributed by atoms with Gasteiger partial charge in [0.25, 0.3) is 0 Å². The minimum Gasteiger partial charge on any atom is -0.368 e. The number of hydrogen-bond acceptors (Lipinski definition) is 2. The molecule has 2 N–H and O–H groups in total. The molecule has 2 heterocycles. The van der Waals surface area contributed by atoms with Gasteiger partial charge < -0.3 is 10.3 Å². The van der Waals surface area contributed by atoms with Gasteiger partial charge in [0.1, 0.15) is 6.54 Å². The molecule has 0 aliphatic carbocycles. The summed E-state index contributed by atoms with van der Waals surface area (Å²) in [4.78, 5) is 13.9. The van der Waals surface area contributed by atoms with Gasteiger partial charge in [-0.15, -0.1) is 0 Å². The van der Waals surface area contributed by atoms with E-state index in [1.807, 2.05) is 0 Å². The zero-order chi connectivity index (χ0) is 15.1. The van der Waals surface area contributed by atoms with Crippen LogP contribution >= 0.6 is 0 Å². The van der Waals surface area contributed by atoms with Crippen LogP contribution in [0.5, 0.6) is 0 Å². The van der Waals surface area contributed by atoms with Crippen molar-refractivity contribution in [2.75, 3.05) is 6.54 Å². The second-order valence-corrected chi connectivity index (χ2v) is 6.31. The van der Waals surface area contributed by atoms with Crippen LogP contribution in [0.2, 0.25) is 0 Å². The third-order valence-electron chi connectivity index (χ3n) is 4.48. The van der Waals surface area contributed by atoms with E-state index in [2.05, 4.69) is 48.4 Å². The van der Waals surface area contributed by atoms with Gasteiger partial charge in [0.05, 0.1) is 0 Å². The van der Waals surface area contributed by atoms with Gasteiger partial charge in [0.15, 0.2) is 0 Å². The average Bonchev–Trinajstić information content (AvgIpc) is 2.71. The summed E-state index contributed by atoms with van der Waals surface area (Å²) >= 11 is 0.